The third kappa shape index (κ3) is 4.41. The summed E-state index contributed by atoms with van der Waals surface area (Å²) in [5.41, 5.74) is 0.856. The van der Waals surface area contributed by atoms with E-state index >= 15 is 0 Å². The topological polar surface area (TPSA) is 30.5 Å². The van der Waals surface area contributed by atoms with Crippen molar-refractivity contribution in [1.82, 2.24) is 5.32 Å². The first kappa shape index (κ1) is 15.7. The highest BCUT2D eigenvalue weighted by molar-refractivity contribution is 7.10. The number of alkyl halides is 2. The molecule has 0 spiro atoms. The van der Waals surface area contributed by atoms with Crippen molar-refractivity contribution in [3.63, 3.8) is 0 Å². The number of rotatable bonds is 7. The van der Waals surface area contributed by atoms with Crippen molar-refractivity contribution in [1.29, 1.82) is 0 Å². The lowest BCUT2D eigenvalue weighted by molar-refractivity contribution is -0.0512. The van der Waals surface area contributed by atoms with Gasteiger partial charge in [-0.3, -0.25) is 0 Å². The van der Waals surface area contributed by atoms with E-state index in [0.29, 0.717) is 12.3 Å². The van der Waals surface area contributed by atoms with Gasteiger partial charge in [0.1, 0.15) is 0 Å². The van der Waals surface area contributed by atoms with Crippen LogP contribution in [0.2, 0.25) is 0 Å². The van der Waals surface area contributed by atoms with Crippen LogP contribution in [-0.2, 0) is 6.54 Å². The van der Waals surface area contributed by atoms with Crippen molar-refractivity contribution in [2.45, 2.75) is 26.1 Å². The molecule has 0 saturated heterocycles. The van der Waals surface area contributed by atoms with Crippen LogP contribution in [0.15, 0.2) is 35.7 Å². The Morgan fingerprint density at radius 3 is 2.67 bits per heavy atom. The fourth-order valence-corrected chi connectivity index (χ4v) is 2.69. The van der Waals surface area contributed by atoms with Crippen LogP contribution in [0.5, 0.6) is 11.5 Å². The van der Waals surface area contributed by atoms with Crippen molar-refractivity contribution < 1.29 is 18.3 Å². The Bertz CT molecular complexity index is 561. The predicted octanol–water partition coefficient (Wildman–Crippen LogP) is 4.21. The summed E-state index contributed by atoms with van der Waals surface area (Å²) in [5.74, 6) is 0.348. The zero-order valence-electron chi connectivity index (χ0n) is 11.8. The molecule has 0 amide bonds. The molecule has 1 atom stereocenters. The molecule has 0 radical (unpaired) electrons. The molecule has 1 N–H and O–H groups in total. The summed E-state index contributed by atoms with van der Waals surface area (Å²) in [6.45, 7) is -0.249. The normalized spacial score (nSPS) is 12.4. The van der Waals surface area contributed by atoms with E-state index < -0.39 is 6.61 Å². The van der Waals surface area contributed by atoms with Gasteiger partial charge in [0, 0.05) is 17.5 Å². The second kappa shape index (κ2) is 7.38. The van der Waals surface area contributed by atoms with Crippen LogP contribution in [-0.4, -0.2) is 13.7 Å². The quantitative estimate of drug-likeness (QED) is 0.830. The number of hydrogen-bond acceptors (Lipinski definition) is 4. The van der Waals surface area contributed by atoms with E-state index in [2.05, 4.69) is 23.0 Å². The Balaban J connectivity index is 2.03. The average molecular weight is 313 g/mol. The summed E-state index contributed by atoms with van der Waals surface area (Å²) >= 11 is 1.68. The van der Waals surface area contributed by atoms with Crippen molar-refractivity contribution in [3.05, 3.63) is 46.2 Å². The molecule has 0 aliphatic carbocycles. The first-order valence-electron chi connectivity index (χ1n) is 6.48. The molecule has 2 rings (SSSR count). The molecule has 1 heterocycles. The third-order valence-electron chi connectivity index (χ3n) is 3.03. The number of hydrogen-bond donors (Lipinski definition) is 1. The molecule has 1 aromatic carbocycles. The highest BCUT2D eigenvalue weighted by Gasteiger charge is 2.12. The molecule has 2 aromatic rings. The van der Waals surface area contributed by atoms with Gasteiger partial charge in [-0.1, -0.05) is 12.1 Å². The second-order valence-corrected chi connectivity index (χ2v) is 5.46. The minimum Gasteiger partial charge on any atom is -0.493 e. The van der Waals surface area contributed by atoms with Crippen LogP contribution in [0, 0.1) is 0 Å². The highest BCUT2D eigenvalue weighted by atomic mass is 32.1. The minimum atomic E-state index is -2.87. The Morgan fingerprint density at radius 1 is 1.24 bits per heavy atom. The standard InChI is InChI=1S/C15H17F2NO2S/c1-10(14-4-3-7-21-14)18-9-11-5-6-12(19-2)13(8-11)20-15(16)17/h3-8,10,15,18H,9H2,1-2H3/t10-/m1/s1. The molecule has 0 bridgehead atoms. The molecule has 1 aromatic heterocycles. The first-order valence-corrected chi connectivity index (χ1v) is 7.36. The molecule has 6 heteroatoms. The zero-order valence-corrected chi connectivity index (χ0v) is 12.6. The molecule has 0 aliphatic heterocycles. The first-order chi connectivity index (χ1) is 10.1. The van der Waals surface area contributed by atoms with Gasteiger partial charge in [-0.2, -0.15) is 8.78 Å². The van der Waals surface area contributed by atoms with E-state index in [4.69, 9.17) is 4.74 Å². The molecule has 0 unspecified atom stereocenters. The van der Waals surface area contributed by atoms with Gasteiger partial charge in [0.15, 0.2) is 11.5 Å². The Hall–Kier alpha value is -1.66. The fraction of sp³-hybridized carbons (Fsp3) is 0.333. The monoisotopic (exact) mass is 313 g/mol. The van der Waals surface area contributed by atoms with Gasteiger partial charge < -0.3 is 14.8 Å². The van der Waals surface area contributed by atoms with E-state index in [1.54, 1.807) is 23.5 Å². The van der Waals surface area contributed by atoms with Crippen LogP contribution < -0.4 is 14.8 Å². The lowest BCUT2D eigenvalue weighted by Crippen LogP contribution is -2.17. The summed E-state index contributed by atoms with van der Waals surface area (Å²) in [7, 11) is 1.42. The molecular weight excluding hydrogens is 296 g/mol. The van der Waals surface area contributed by atoms with Crippen LogP contribution in [0.25, 0.3) is 0 Å². The lowest BCUT2D eigenvalue weighted by Gasteiger charge is -2.14. The summed E-state index contributed by atoms with van der Waals surface area (Å²) in [6.07, 6.45) is 0. The maximum atomic E-state index is 12.4. The number of nitrogens with one attached hydrogen (secondary N) is 1. The van der Waals surface area contributed by atoms with Crippen molar-refractivity contribution in [2.24, 2.45) is 0 Å². The molecule has 21 heavy (non-hydrogen) atoms. The van der Waals surface area contributed by atoms with E-state index in [1.807, 2.05) is 17.5 Å². The number of ether oxygens (including phenoxy) is 2. The lowest BCUT2D eigenvalue weighted by atomic mass is 10.2. The summed E-state index contributed by atoms with van der Waals surface area (Å²) in [6, 6.07) is 9.28. The Morgan fingerprint density at radius 2 is 2.05 bits per heavy atom. The number of benzene rings is 1. The Kier molecular flexibility index (Phi) is 5.52. The van der Waals surface area contributed by atoms with Gasteiger partial charge in [-0.25, -0.2) is 0 Å². The van der Waals surface area contributed by atoms with Gasteiger partial charge >= 0.3 is 6.61 Å². The van der Waals surface area contributed by atoms with Gasteiger partial charge in [0.05, 0.1) is 7.11 Å². The molecule has 114 valence electrons. The van der Waals surface area contributed by atoms with Crippen molar-refractivity contribution >= 4 is 11.3 Å². The van der Waals surface area contributed by atoms with Crippen LogP contribution in [0.3, 0.4) is 0 Å². The van der Waals surface area contributed by atoms with Gasteiger partial charge in [-0.15, -0.1) is 11.3 Å². The maximum Gasteiger partial charge on any atom is 0.387 e. The highest BCUT2D eigenvalue weighted by Crippen LogP contribution is 2.29. The molecule has 0 fully saturated rings. The number of methoxy groups -OCH3 is 1. The second-order valence-electron chi connectivity index (χ2n) is 4.48. The molecular formula is C15H17F2NO2S. The molecule has 0 saturated carbocycles. The number of halogens is 2. The maximum absolute atomic E-state index is 12.4. The predicted molar refractivity (Wildman–Crippen MR) is 79.2 cm³/mol. The SMILES string of the molecule is COc1ccc(CN[C@H](C)c2cccs2)cc1OC(F)F. The van der Waals surface area contributed by atoms with Gasteiger partial charge in [0.2, 0.25) is 0 Å². The van der Waals surface area contributed by atoms with Crippen molar-refractivity contribution in [3.8, 4) is 11.5 Å². The van der Waals surface area contributed by atoms with E-state index in [1.165, 1.54) is 12.0 Å². The van der Waals surface area contributed by atoms with Crippen molar-refractivity contribution in [2.75, 3.05) is 7.11 Å². The summed E-state index contributed by atoms with van der Waals surface area (Å²) < 4.78 is 34.2. The van der Waals surface area contributed by atoms with Gasteiger partial charge in [-0.05, 0) is 36.1 Å². The van der Waals surface area contributed by atoms with Crippen LogP contribution >= 0.6 is 11.3 Å². The van der Waals surface area contributed by atoms with E-state index in [-0.39, 0.29) is 11.8 Å². The zero-order chi connectivity index (χ0) is 15.2. The fourth-order valence-electron chi connectivity index (χ4n) is 1.93. The van der Waals surface area contributed by atoms with Gasteiger partial charge in [0.25, 0.3) is 0 Å². The minimum absolute atomic E-state index is 0.0515. The third-order valence-corrected chi connectivity index (χ3v) is 4.08. The molecule has 0 aliphatic rings. The average Bonchev–Trinajstić information content (AvgIpc) is 2.98. The van der Waals surface area contributed by atoms with E-state index in [9.17, 15) is 8.78 Å². The van der Waals surface area contributed by atoms with Crippen LogP contribution in [0.4, 0.5) is 8.78 Å². The molecule has 3 nitrogen and oxygen atoms in total. The van der Waals surface area contributed by atoms with E-state index in [0.717, 1.165) is 5.56 Å². The number of thiophene rings is 1. The largest absolute Gasteiger partial charge is 0.493 e. The summed E-state index contributed by atoms with van der Waals surface area (Å²) in [4.78, 5) is 1.23. The Labute approximate surface area is 126 Å². The smallest absolute Gasteiger partial charge is 0.387 e. The van der Waals surface area contributed by atoms with Crippen LogP contribution in [0.1, 0.15) is 23.4 Å². The summed E-state index contributed by atoms with van der Waals surface area (Å²) in [5, 5.41) is 5.37.